The fourth-order valence-electron chi connectivity index (χ4n) is 7.28. The molecule has 38 heavy (non-hydrogen) atoms. The van der Waals surface area contributed by atoms with E-state index in [4.69, 9.17) is 4.74 Å². The second-order valence-electron chi connectivity index (χ2n) is 10.5. The molecule has 2 bridgehead atoms. The second kappa shape index (κ2) is 8.84. The van der Waals surface area contributed by atoms with Crippen LogP contribution in [0.4, 0.5) is 0 Å². The number of likely N-dealkylation sites (tertiary alicyclic amines) is 1. The highest BCUT2D eigenvalue weighted by Gasteiger charge is 2.69. The molecule has 7 rings (SSSR count). The smallest absolute Gasteiger partial charge is 0.323 e. The molecule has 2 aliphatic carbocycles. The van der Waals surface area contributed by atoms with Gasteiger partial charge in [0.1, 0.15) is 18.9 Å². The molecule has 2 amide bonds. The molecule has 0 radical (unpaired) electrons. The Kier molecular flexibility index (Phi) is 5.52. The van der Waals surface area contributed by atoms with Gasteiger partial charge in [-0.2, -0.15) is 0 Å². The Bertz CT molecular complexity index is 1520. The molecule has 4 aliphatic rings. The summed E-state index contributed by atoms with van der Waals surface area (Å²) in [4.78, 5) is 55.1. The van der Waals surface area contributed by atoms with Gasteiger partial charge in [-0.05, 0) is 47.4 Å². The first kappa shape index (κ1) is 23.7. The van der Waals surface area contributed by atoms with E-state index >= 15 is 0 Å². The number of imide groups is 1. The molecule has 3 aromatic rings. The molecule has 2 aromatic carbocycles. The van der Waals surface area contributed by atoms with Crippen molar-refractivity contribution in [1.29, 1.82) is 0 Å². The highest BCUT2D eigenvalue weighted by Crippen LogP contribution is 2.68. The summed E-state index contributed by atoms with van der Waals surface area (Å²) in [7, 11) is 0. The van der Waals surface area contributed by atoms with Crippen LogP contribution in [0, 0.1) is 29.6 Å². The van der Waals surface area contributed by atoms with Gasteiger partial charge in [-0.3, -0.25) is 24.1 Å². The lowest BCUT2D eigenvalue weighted by Crippen LogP contribution is -2.42. The number of hydrogen-bond donors (Lipinski definition) is 2. The molecule has 1 aromatic heterocycles. The van der Waals surface area contributed by atoms with E-state index in [0.29, 0.717) is 6.61 Å². The van der Waals surface area contributed by atoms with E-state index in [9.17, 15) is 24.3 Å². The Hall–Kier alpha value is -3.37. The number of H-pyrrole nitrogens is 1. The Morgan fingerprint density at radius 3 is 2.55 bits per heavy atom. The third kappa shape index (κ3) is 3.57. The predicted octanol–water partition coefficient (Wildman–Crippen LogP) is 3.57. The summed E-state index contributed by atoms with van der Waals surface area (Å²) in [5.41, 5.74) is 2.08. The number of carbonyl (C=O) groups excluding carboxylic acids is 2. The molecule has 0 spiro atoms. The first-order chi connectivity index (χ1) is 18.4. The molecule has 3 heterocycles. The van der Waals surface area contributed by atoms with Crippen LogP contribution in [0.1, 0.15) is 28.3 Å². The van der Waals surface area contributed by atoms with Crippen molar-refractivity contribution in [2.75, 3.05) is 6.54 Å². The van der Waals surface area contributed by atoms with Gasteiger partial charge in [-0.25, -0.2) is 0 Å². The number of thioether (sulfide) groups is 1. The van der Waals surface area contributed by atoms with E-state index in [1.807, 2.05) is 54.6 Å². The van der Waals surface area contributed by atoms with Gasteiger partial charge in [-0.1, -0.05) is 53.8 Å². The summed E-state index contributed by atoms with van der Waals surface area (Å²) >= 11 is 2.82. The molecule has 3 fully saturated rings. The monoisotopic (exact) mass is 548 g/mol. The summed E-state index contributed by atoms with van der Waals surface area (Å²) in [5.74, 6) is -2.30. The molecular formula is C28H24N2O6S2. The van der Waals surface area contributed by atoms with Crippen molar-refractivity contribution in [2.24, 2.45) is 29.6 Å². The highest BCUT2D eigenvalue weighted by atomic mass is 32.2. The number of thiazole rings is 1. The van der Waals surface area contributed by atoms with E-state index in [1.54, 1.807) is 11.8 Å². The van der Waals surface area contributed by atoms with Crippen molar-refractivity contribution in [3.63, 3.8) is 0 Å². The molecule has 2 aliphatic heterocycles. The first-order valence-corrected chi connectivity index (χ1v) is 14.3. The normalized spacial score (nSPS) is 30.7. The van der Waals surface area contributed by atoms with Crippen molar-refractivity contribution >= 4 is 40.9 Å². The maximum atomic E-state index is 13.3. The average Bonchev–Trinajstić information content (AvgIpc) is 3.64. The van der Waals surface area contributed by atoms with Crippen molar-refractivity contribution in [3.05, 3.63) is 80.3 Å². The lowest BCUT2D eigenvalue weighted by molar-refractivity contribution is -0.149. The van der Waals surface area contributed by atoms with Gasteiger partial charge in [0.15, 0.2) is 0 Å². The number of carboxylic acid groups (broad SMARTS) is 1. The van der Waals surface area contributed by atoms with E-state index in [-0.39, 0.29) is 45.6 Å². The first-order valence-electron chi connectivity index (χ1n) is 12.6. The van der Waals surface area contributed by atoms with Gasteiger partial charge in [0.05, 0.1) is 16.9 Å². The zero-order valence-electron chi connectivity index (χ0n) is 20.1. The van der Waals surface area contributed by atoms with E-state index in [0.717, 1.165) is 38.1 Å². The molecule has 194 valence electrons. The topological polar surface area (TPSA) is 117 Å². The van der Waals surface area contributed by atoms with Crippen LogP contribution in [0.3, 0.4) is 0 Å². The molecule has 7 unspecified atom stereocenters. The minimum atomic E-state index is -1.18. The lowest BCUT2D eigenvalue weighted by atomic mass is 9.68. The van der Waals surface area contributed by atoms with Gasteiger partial charge >= 0.3 is 10.8 Å². The van der Waals surface area contributed by atoms with Crippen LogP contribution in [0.2, 0.25) is 0 Å². The van der Waals surface area contributed by atoms with Gasteiger partial charge in [-0.15, -0.1) is 11.8 Å². The maximum absolute atomic E-state index is 13.3. The van der Waals surface area contributed by atoms with Crippen LogP contribution >= 0.6 is 23.1 Å². The number of aromatic amines is 1. The SMILES string of the molecule is O=C(O)CN1C(=O)C2C3CC(C2C1=O)C1C(c2cccc(OCc4ccccc4)c2)c2sc(=O)[nH]c2SC31. The van der Waals surface area contributed by atoms with Crippen LogP contribution in [0.15, 0.2) is 64.4 Å². The summed E-state index contributed by atoms with van der Waals surface area (Å²) in [6.45, 7) is -0.151. The lowest BCUT2D eigenvalue weighted by Gasteiger charge is -2.43. The maximum Gasteiger partial charge on any atom is 0.323 e. The van der Waals surface area contributed by atoms with Crippen molar-refractivity contribution < 1.29 is 24.2 Å². The summed E-state index contributed by atoms with van der Waals surface area (Å²) in [6.07, 6.45) is 0.760. The number of hydrogen-bond acceptors (Lipinski definition) is 7. The number of fused-ring (bicyclic) bond motifs is 9. The second-order valence-corrected chi connectivity index (χ2v) is 12.7. The van der Waals surface area contributed by atoms with Crippen molar-refractivity contribution in [2.45, 2.75) is 29.2 Å². The summed E-state index contributed by atoms with van der Waals surface area (Å²) < 4.78 is 6.11. The zero-order valence-corrected chi connectivity index (χ0v) is 21.7. The number of benzene rings is 2. The van der Waals surface area contributed by atoms with Crippen LogP contribution < -0.4 is 9.61 Å². The van der Waals surface area contributed by atoms with Crippen LogP contribution in [0.5, 0.6) is 5.75 Å². The number of carboxylic acids is 1. The Labute approximate surface area is 226 Å². The average molecular weight is 549 g/mol. The summed E-state index contributed by atoms with van der Waals surface area (Å²) in [6, 6.07) is 17.9. The number of aromatic nitrogens is 1. The highest BCUT2D eigenvalue weighted by molar-refractivity contribution is 8.00. The third-order valence-corrected chi connectivity index (χ3v) is 11.2. The third-order valence-electron chi connectivity index (χ3n) is 8.57. The Balaban J connectivity index is 1.25. The van der Waals surface area contributed by atoms with E-state index in [2.05, 4.69) is 4.98 Å². The number of carbonyl (C=O) groups is 3. The van der Waals surface area contributed by atoms with E-state index < -0.39 is 24.3 Å². The van der Waals surface area contributed by atoms with Crippen molar-refractivity contribution in [3.8, 4) is 5.75 Å². The minimum Gasteiger partial charge on any atom is -0.489 e. The largest absolute Gasteiger partial charge is 0.489 e. The number of amides is 2. The van der Waals surface area contributed by atoms with E-state index in [1.165, 1.54) is 11.3 Å². The van der Waals surface area contributed by atoms with Gasteiger partial charge in [0.25, 0.3) is 0 Å². The number of nitrogens with zero attached hydrogens (tertiary/aromatic N) is 1. The van der Waals surface area contributed by atoms with Crippen LogP contribution in [-0.2, 0) is 21.0 Å². The van der Waals surface area contributed by atoms with Crippen LogP contribution in [0.25, 0.3) is 0 Å². The molecule has 2 saturated carbocycles. The number of aliphatic carboxylic acids is 1. The molecule has 2 N–H and O–H groups in total. The summed E-state index contributed by atoms with van der Waals surface area (Å²) in [5, 5.41) is 10.2. The molecule has 1 saturated heterocycles. The number of rotatable bonds is 6. The predicted molar refractivity (Wildman–Crippen MR) is 140 cm³/mol. The Morgan fingerprint density at radius 1 is 1.03 bits per heavy atom. The molecule has 8 nitrogen and oxygen atoms in total. The molecule has 7 atom stereocenters. The standard InChI is InChI=1S/C28H24N2O6S2/c31-18(32)11-30-26(33)21-16-10-17(22(21)27(30)34)23-20(16)19(24-25(37-23)29-28(35)38-24)14-7-4-8-15(9-14)36-12-13-5-2-1-3-6-13/h1-9,16-17,19-23H,10-12H2,(H,29,35)(H,31,32). The van der Waals surface area contributed by atoms with Gasteiger partial charge in [0.2, 0.25) is 11.8 Å². The fraction of sp³-hybridized carbons (Fsp3) is 0.357. The Morgan fingerprint density at radius 2 is 1.79 bits per heavy atom. The van der Waals surface area contributed by atoms with Gasteiger partial charge in [0, 0.05) is 16.0 Å². The number of nitrogens with one attached hydrogen (secondary N) is 1. The quantitative estimate of drug-likeness (QED) is 0.453. The van der Waals surface area contributed by atoms with Gasteiger partial charge < -0.3 is 14.8 Å². The van der Waals surface area contributed by atoms with Crippen LogP contribution in [-0.4, -0.2) is 44.6 Å². The molecule has 10 heteroatoms. The minimum absolute atomic E-state index is 0.0354. The van der Waals surface area contributed by atoms with Crippen molar-refractivity contribution in [1.82, 2.24) is 9.88 Å². The fourth-order valence-corrected chi connectivity index (χ4v) is 10.2. The molecular weight excluding hydrogens is 524 g/mol. The number of ether oxygens (including phenoxy) is 1. The zero-order chi connectivity index (χ0) is 26.1.